The number of hydrogen-bond acceptors (Lipinski definition) is 3. The molecule has 1 aromatic heterocycles. The fourth-order valence-electron chi connectivity index (χ4n) is 5.66. The molecule has 0 radical (unpaired) electrons. The number of aliphatic hydroxyl groups is 1. The Morgan fingerprint density at radius 1 is 1.00 bits per heavy atom. The number of ether oxygens (including phenoxy) is 1. The minimum absolute atomic E-state index is 0.0344. The molecule has 2 aliphatic rings. The van der Waals surface area contributed by atoms with Crippen molar-refractivity contribution in [2.24, 2.45) is 5.92 Å². The van der Waals surface area contributed by atoms with E-state index in [-0.39, 0.29) is 17.9 Å². The molecular weight excluding hydrogens is 400 g/mol. The highest BCUT2D eigenvalue weighted by Gasteiger charge is 2.36. The number of amides is 1. The predicted octanol–water partition coefficient (Wildman–Crippen LogP) is 4.72. The second-order valence-corrected chi connectivity index (χ2v) is 9.28. The maximum Gasteiger partial charge on any atom is 0.225 e. The number of aromatic nitrogens is 1. The summed E-state index contributed by atoms with van der Waals surface area (Å²) in [5, 5.41) is 11.4. The Bertz CT molecular complexity index is 1070. The molecule has 5 heteroatoms. The number of hydrogen-bond donors (Lipinski definition) is 2. The van der Waals surface area contributed by atoms with Gasteiger partial charge in [0.15, 0.2) is 0 Å². The zero-order chi connectivity index (χ0) is 22.1. The molecule has 1 amide bonds. The van der Waals surface area contributed by atoms with Gasteiger partial charge in [-0.3, -0.25) is 4.79 Å². The second-order valence-electron chi connectivity index (χ2n) is 9.28. The first kappa shape index (κ1) is 21.2. The summed E-state index contributed by atoms with van der Waals surface area (Å²) in [6.45, 7) is 1.57. The minimum atomic E-state index is -0.451. The number of para-hydroxylation sites is 1. The number of nitrogens with zero attached hydrogens (tertiary/aromatic N) is 1. The number of rotatable bonds is 4. The fraction of sp³-hybridized carbons (Fsp3) is 0.444. The van der Waals surface area contributed by atoms with E-state index in [1.165, 1.54) is 27.7 Å². The van der Waals surface area contributed by atoms with Crippen molar-refractivity contribution >= 4 is 16.8 Å². The van der Waals surface area contributed by atoms with Gasteiger partial charge < -0.3 is 19.7 Å². The molecule has 2 fully saturated rings. The van der Waals surface area contributed by atoms with Crippen LogP contribution >= 0.6 is 0 Å². The molecule has 1 aliphatic carbocycles. The van der Waals surface area contributed by atoms with Crippen LogP contribution in [0.25, 0.3) is 22.2 Å². The molecule has 2 N–H and O–H groups in total. The SMILES string of the molecule is COC1CC(C(=O)N2CCC(c3c(-c4ccccc4)[nH]c4ccccc34)CC2)CCC1O. The smallest absolute Gasteiger partial charge is 0.225 e. The molecule has 2 aromatic carbocycles. The van der Waals surface area contributed by atoms with E-state index >= 15 is 0 Å². The van der Waals surface area contributed by atoms with E-state index in [0.717, 1.165) is 32.4 Å². The van der Waals surface area contributed by atoms with Gasteiger partial charge in [0, 0.05) is 42.7 Å². The Labute approximate surface area is 189 Å². The Hall–Kier alpha value is -2.63. The molecule has 1 saturated heterocycles. The number of carbonyl (C=O) groups is 1. The van der Waals surface area contributed by atoms with E-state index in [2.05, 4.69) is 53.5 Å². The molecule has 5 rings (SSSR count). The number of benzene rings is 2. The van der Waals surface area contributed by atoms with Gasteiger partial charge in [-0.05, 0) is 55.2 Å². The van der Waals surface area contributed by atoms with Crippen LogP contribution in [0.4, 0.5) is 0 Å². The average molecular weight is 433 g/mol. The molecule has 0 spiro atoms. The first-order valence-corrected chi connectivity index (χ1v) is 11.8. The average Bonchev–Trinajstić information content (AvgIpc) is 3.24. The maximum absolute atomic E-state index is 13.2. The van der Waals surface area contributed by atoms with Crippen LogP contribution < -0.4 is 0 Å². The number of fused-ring (bicyclic) bond motifs is 1. The van der Waals surface area contributed by atoms with Crippen molar-refractivity contribution < 1.29 is 14.6 Å². The minimum Gasteiger partial charge on any atom is -0.390 e. The van der Waals surface area contributed by atoms with E-state index in [1.807, 2.05) is 11.0 Å². The number of aliphatic hydroxyl groups excluding tert-OH is 1. The van der Waals surface area contributed by atoms with Crippen molar-refractivity contribution in [3.05, 3.63) is 60.2 Å². The van der Waals surface area contributed by atoms with Crippen LogP contribution in [0.3, 0.4) is 0 Å². The third-order valence-electron chi connectivity index (χ3n) is 7.43. The van der Waals surface area contributed by atoms with Crippen molar-refractivity contribution in [2.75, 3.05) is 20.2 Å². The van der Waals surface area contributed by atoms with Crippen molar-refractivity contribution in [3.63, 3.8) is 0 Å². The Morgan fingerprint density at radius 3 is 2.47 bits per heavy atom. The third kappa shape index (κ3) is 3.96. The van der Waals surface area contributed by atoms with E-state index in [1.54, 1.807) is 7.11 Å². The summed E-state index contributed by atoms with van der Waals surface area (Å²) >= 11 is 0. The number of methoxy groups -OCH3 is 1. The lowest BCUT2D eigenvalue weighted by Crippen LogP contribution is -2.45. The molecule has 2 heterocycles. The van der Waals surface area contributed by atoms with Gasteiger partial charge in [0.25, 0.3) is 0 Å². The van der Waals surface area contributed by atoms with Crippen molar-refractivity contribution in [3.8, 4) is 11.3 Å². The van der Waals surface area contributed by atoms with Gasteiger partial charge in [0.2, 0.25) is 5.91 Å². The number of likely N-dealkylation sites (tertiary alicyclic amines) is 1. The lowest BCUT2D eigenvalue weighted by molar-refractivity contribution is -0.142. The lowest BCUT2D eigenvalue weighted by atomic mass is 9.82. The molecule has 3 unspecified atom stereocenters. The van der Waals surface area contributed by atoms with Crippen LogP contribution in [0.1, 0.15) is 43.6 Å². The van der Waals surface area contributed by atoms with E-state index < -0.39 is 6.10 Å². The van der Waals surface area contributed by atoms with Crippen LogP contribution in [0.2, 0.25) is 0 Å². The van der Waals surface area contributed by atoms with Crippen molar-refractivity contribution in [1.29, 1.82) is 0 Å². The molecule has 5 nitrogen and oxygen atoms in total. The van der Waals surface area contributed by atoms with Crippen molar-refractivity contribution in [1.82, 2.24) is 9.88 Å². The summed E-state index contributed by atoms with van der Waals surface area (Å²) in [5.41, 5.74) is 4.98. The van der Waals surface area contributed by atoms with Gasteiger partial charge in [0.1, 0.15) is 0 Å². The Morgan fingerprint density at radius 2 is 1.72 bits per heavy atom. The highest BCUT2D eigenvalue weighted by molar-refractivity contribution is 5.91. The van der Waals surface area contributed by atoms with Crippen LogP contribution in [0.5, 0.6) is 0 Å². The number of piperidine rings is 1. The largest absolute Gasteiger partial charge is 0.390 e. The summed E-state index contributed by atoms with van der Waals surface area (Å²) in [7, 11) is 1.62. The summed E-state index contributed by atoms with van der Waals surface area (Å²) in [6.07, 6.45) is 3.27. The Balaban J connectivity index is 1.34. The topological polar surface area (TPSA) is 65.6 Å². The fourth-order valence-corrected chi connectivity index (χ4v) is 5.66. The Kier molecular flexibility index (Phi) is 6.03. The van der Waals surface area contributed by atoms with E-state index in [4.69, 9.17) is 4.74 Å². The third-order valence-corrected chi connectivity index (χ3v) is 7.43. The summed E-state index contributed by atoms with van der Waals surface area (Å²) in [5.74, 6) is 0.623. The van der Waals surface area contributed by atoms with E-state index in [0.29, 0.717) is 18.8 Å². The van der Waals surface area contributed by atoms with Gasteiger partial charge in [0.05, 0.1) is 12.2 Å². The highest BCUT2D eigenvalue weighted by atomic mass is 16.5. The maximum atomic E-state index is 13.2. The van der Waals surface area contributed by atoms with Gasteiger partial charge >= 0.3 is 0 Å². The molecule has 3 atom stereocenters. The predicted molar refractivity (Wildman–Crippen MR) is 126 cm³/mol. The van der Waals surface area contributed by atoms with Crippen molar-refractivity contribution in [2.45, 2.75) is 50.2 Å². The summed E-state index contributed by atoms with van der Waals surface area (Å²) < 4.78 is 5.41. The van der Waals surface area contributed by atoms with Crippen LogP contribution in [-0.4, -0.2) is 53.3 Å². The molecule has 32 heavy (non-hydrogen) atoms. The first-order chi connectivity index (χ1) is 15.7. The van der Waals surface area contributed by atoms with Gasteiger partial charge in [-0.2, -0.15) is 0 Å². The second kappa shape index (κ2) is 9.08. The molecule has 1 aliphatic heterocycles. The zero-order valence-electron chi connectivity index (χ0n) is 18.7. The lowest BCUT2D eigenvalue weighted by Gasteiger charge is -2.38. The summed E-state index contributed by atoms with van der Waals surface area (Å²) in [4.78, 5) is 18.9. The number of H-pyrrole nitrogens is 1. The van der Waals surface area contributed by atoms with E-state index in [9.17, 15) is 9.90 Å². The van der Waals surface area contributed by atoms with Crippen LogP contribution in [0.15, 0.2) is 54.6 Å². The molecule has 1 saturated carbocycles. The zero-order valence-corrected chi connectivity index (χ0v) is 18.7. The van der Waals surface area contributed by atoms with Crippen LogP contribution in [0, 0.1) is 5.92 Å². The standard InChI is InChI=1S/C27H32N2O3/c1-32-24-17-20(11-12-23(24)30)27(31)29-15-13-18(14-16-29)25-21-9-5-6-10-22(21)28-26(25)19-7-3-2-4-8-19/h2-10,18,20,23-24,28,30H,11-17H2,1H3. The molecular formula is C27H32N2O3. The van der Waals surface area contributed by atoms with Crippen LogP contribution in [-0.2, 0) is 9.53 Å². The number of nitrogens with one attached hydrogen (secondary N) is 1. The first-order valence-electron chi connectivity index (χ1n) is 11.8. The highest BCUT2D eigenvalue weighted by Crippen LogP contribution is 2.40. The quantitative estimate of drug-likeness (QED) is 0.627. The van der Waals surface area contributed by atoms with Gasteiger partial charge in [-0.1, -0.05) is 48.5 Å². The monoisotopic (exact) mass is 432 g/mol. The van der Waals surface area contributed by atoms with Gasteiger partial charge in [-0.15, -0.1) is 0 Å². The number of aromatic amines is 1. The molecule has 3 aromatic rings. The molecule has 0 bridgehead atoms. The van der Waals surface area contributed by atoms with Gasteiger partial charge in [-0.25, -0.2) is 0 Å². The normalized spacial score (nSPS) is 24.7. The number of carbonyl (C=O) groups excluding carboxylic acids is 1. The molecule has 168 valence electrons. The summed E-state index contributed by atoms with van der Waals surface area (Å²) in [6, 6.07) is 19.1.